The van der Waals surface area contributed by atoms with E-state index >= 15 is 0 Å². The molecule has 0 bridgehead atoms. The summed E-state index contributed by atoms with van der Waals surface area (Å²) in [6, 6.07) is 13.9. The van der Waals surface area contributed by atoms with E-state index in [1.807, 2.05) is 47.1 Å². The molecule has 1 fully saturated rings. The molecule has 1 amide bonds. The van der Waals surface area contributed by atoms with E-state index in [1.165, 1.54) is 4.88 Å². The number of piperidine rings is 1. The number of thiophene rings is 1. The number of hydrogen-bond donors (Lipinski definition) is 1. The Morgan fingerprint density at radius 2 is 2.19 bits per heavy atom. The van der Waals surface area contributed by atoms with E-state index in [-0.39, 0.29) is 11.8 Å². The number of benzene rings is 1. The average Bonchev–Trinajstić information content (AvgIpc) is 3.49. The standard InChI is InChI=1S/C24H24ClN5OS/c25-19-6-1-4-17(14-19)21-15-22-23(26-10-12-30(22)28-21)29-11-2-5-18(16-29)24(31)27-9-8-20-7-3-13-32-20/h1,3-4,6-7,10,12-15,18H,2,5,8-9,11,16H2,(H,27,31)/t18-/m1/s1. The van der Waals surface area contributed by atoms with Gasteiger partial charge in [0.05, 0.1) is 11.6 Å². The molecule has 1 aliphatic heterocycles. The third-order valence-electron chi connectivity index (χ3n) is 5.83. The fourth-order valence-corrected chi connectivity index (χ4v) is 5.13. The Morgan fingerprint density at radius 1 is 1.25 bits per heavy atom. The number of carbonyl (C=O) groups is 1. The van der Waals surface area contributed by atoms with Crippen molar-refractivity contribution in [3.8, 4) is 11.3 Å². The lowest BCUT2D eigenvalue weighted by atomic mass is 9.97. The van der Waals surface area contributed by atoms with Gasteiger partial charge in [-0.3, -0.25) is 4.79 Å². The smallest absolute Gasteiger partial charge is 0.224 e. The normalized spacial score (nSPS) is 16.4. The molecule has 6 nitrogen and oxygen atoms in total. The lowest BCUT2D eigenvalue weighted by Crippen LogP contribution is -2.44. The second-order valence-electron chi connectivity index (χ2n) is 8.03. The van der Waals surface area contributed by atoms with Crippen LogP contribution in [0.5, 0.6) is 0 Å². The second-order valence-corrected chi connectivity index (χ2v) is 9.49. The van der Waals surface area contributed by atoms with Crippen LogP contribution in [0.15, 0.2) is 60.2 Å². The summed E-state index contributed by atoms with van der Waals surface area (Å²) in [5.41, 5.74) is 2.75. The number of nitrogens with one attached hydrogen (secondary N) is 1. The minimum absolute atomic E-state index is 0.0375. The molecule has 164 valence electrons. The van der Waals surface area contributed by atoms with Gasteiger partial charge in [0.1, 0.15) is 5.52 Å². The maximum atomic E-state index is 12.8. The number of fused-ring (bicyclic) bond motifs is 1. The molecule has 0 aliphatic carbocycles. The van der Waals surface area contributed by atoms with Crippen LogP contribution in [0, 0.1) is 5.92 Å². The van der Waals surface area contributed by atoms with E-state index in [0.29, 0.717) is 18.1 Å². The molecule has 32 heavy (non-hydrogen) atoms. The molecule has 1 aliphatic rings. The van der Waals surface area contributed by atoms with Crippen molar-refractivity contribution in [3.63, 3.8) is 0 Å². The highest BCUT2D eigenvalue weighted by molar-refractivity contribution is 7.09. The van der Waals surface area contributed by atoms with E-state index in [0.717, 1.165) is 48.4 Å². The Bertz CT molecular complexity index is 1220. The maximum Gasteiger partial charge on any atom is 0.224 e. The van der Waals surface area contributed by atoms with Gasteiger partial charge in [0.15, 0.2) is 5.82 Å². The highest BCUT2D eigenvalue weighted by atomic mass is 35.5. The highest BCUT2D eigenvalue weighted by Gasteiger charge is 2.27. The van der Waals surface area contributed by atoms with Crippen molar-refractivity contribution < 1.29 is 4.79 Å². The summed E-state index contributed by atoms with van der Waals surface area (Å²) in [4.78, 5) is 21.0. The van der Waals surface area contributed by atoms with E-state index in [4.69, 9.17) is 16.7 Å². The largest absolute Gasteiger partial charge is 0.355 e. The van der Waals surface area contributed by atoms with Gasteiger partial charge >= 0.3 is 0 Å². The molecule has 1 N–H and O–H groups in total. The number of halogens is 1. The zero-order chi connectivity index (χ0) is 21.9. The van der Waals surface area contributed by atoms with Gasteiger partial charge < -0.3 is 10.2 Å². The Morgan fingerprint density at radius 3 is 3.03 bits per heavy atom. The molecular weight excluding hydrogens is 442 g/mol. The Labute approximate surface area is 195 Å². The first-order chi connectivity index (χ1) is 15.7. The molecule has 1 aromatic carbocycles. The quantitative estimate of drug-likeness (QED) is 0.449. The summed E-state index contributed by atoms with van der Waals surface area (Å²) in [5.74, 6) is 0.958. The van der Waals surface area contributed by atoms with Gasteiger partial charge in [-0.05, 0) is 48.9 Å². The van der Waals surface area contributed by atoms with Crippen LogP contribution in [0.25, 0.3) is 16.8 Å². The number of rotatable bonds is 6. The first-order valence-corrected chi connectivity index (χ1v) is 12.1. The van der Waals surface area contributed by atoms with Crippen molar-refractivity contribution in [2.75, 3.05) is 24.5 Å². The Hall–Kier alpha value is -2.90. The van der Waals surface area contributed by atoms with Crippen LogP contribution in [0.3, 0.4) is 0 Å². The summed E-state index contributed by atoms with van der Waals surface area (Å²) in [6.45, 7) is 2.22. The molecule has 8 heteroatoms. The van der Waals surface area contributed by atoms with Gasteiger partial charge in [-0.2, -0.15) is 5.10 Å². The van der Waals surface area contributed by atoms with E-state index in [2.05, 4.69) is 26.6 Å². The van der Waals surface area contributed by atoms with Crippen molar-refractivity contribution in [1.29, 1.82) is 0 Å². The monoisotopic (exact) mass is 465 g/mol. The van der Waals surface area contributed by atoms with E-state index < -0.39 is 0 Å². The Kier molecular flexibility index (Phi) is 6.10. The van der Waals surface area contributed by atoms with E-state index in [1.54, 1.807) is 17.5 Å². The first-order valence-electron chi connectivity index (χ1n) is 10.8. The number of carbonyl (C=O) groups excluding carboxylic acids is 1. The minimum atomic E-state index is -0.0375. The fourth-order valence-electron chi connectivity index (χ4n) is 4.23. The van der Waals surface area contributed by atoms with Crippen LogP contribution in [0.1, 0.15) is 17.7 Å². The zero-order valence-corrected chi connectivity index (χ0v) is 19.1. The van der Waals surface area contributed by atoms with Crippen LogP contribution in [-0.2, 0) is 11.2 Å². The van der Waals surface area contributed by atoms with Crippen LogP contribution >= 0.6 is 22.9 Å². The summed E-state index contributed by atoms with van der Waals surface area (Å²) >= 11 is 7.89. The molecule has 1 saturated heterocycles. The molecule has 0 spiro atoms. The topological polar surface area (TPSA) is 62.5 Å². The van der Waals surface area contributed by atoms with Gasteiger partial charge in [-0.25, -0.2) is 9.50 Å². The van der Waals surface area contributed by atoms with Crippen molar-refractivity contribution in [2.24, 2.45) is 5.92 Å². The molecular formula is C24H24ClN5OS. The maximum absolute atomic E-state index is 12.8. The van der Waals surface area contributed by atoms with Gasteiger partial charge in [0.25, 0.3) is 0 Å². The number of nitrogens with zero attached hydrogens (tertiary/aromatic N) is 4. The summed E-state index contributed by atoms with van der Waals surface area (Å²) in [5, 5.41) is 10.6. The van der Waals surface area contributed by atoms with Gasteiger partial charge in [-0.1, -0.05) is 29.8 Å². The molecule has 4 heterocycles. The molecule has 5 rings (SSSR count). The third kappa shape index (κ3) is 4.49. The van der Waals surface area contributed by atoms with Crippen molar-refractivity contribution >= 4 is 40.2 Å². The summed E-state index contributed by atoms with van der Waals surface area (Å²) in [7, 11) is 0. The van der Waals surface area contributed by atoms with E-state index in [9.17, 15) is 4.79 Å². The second kappa shape index (κ2) is 9.30. The number of aromatic nitrogens is 3. The molecule has 0 unspecified atom stereocenters. The van der Waals surface area contributed by atoms with Crippen LogP contribution in [0.2, 0.25) is 5.02 Å². The SMILES string of the molecule is O=C(NCCc1cccs1)[C@@H]1CCCN(c2nccn3nc(-c4cccc(Cl)c4)cc23)C1. The van der Waals surface area contributed by atoms with Crippen LogP contribution in [0.4, 0.5) is 5.82 Å². The van der Waals surface area contributed by atoms with Crippen molar-refractivity contribution in [3.05, 3.63) is 70.1 Å². The average molecular weight is 466 g/mol. The molecule has 3 aromatic heterocycles. The lowest BCUT2D eigenvalue weighted by Gasteiger charge is -2.33. The Balaban J connectivity index is 1.31. The number of hydrogen-bond acceptors (Lipinski definition) is 5. The predicted molar refractivity (Wildman–Crippen MR) is 129 cm³/mol. The molecule has 1 atom stereocenters. The van der Waals surface area contributed by atoms with Gasteiger partial charge in [0, 0.05) is 47.5 Å². The molecule has 0 radical (unpaired) electrons. The van der Waals surface area contributed by atoms with Crippen LogP contribution < -0.4 is 10.2 Å². The molecule has 0 saturated carbocycles. The zero-order valence-electron chi connectivity index (χ0n) is 17.6. The summed E-state index contributed by atoms with van der Waals surface area (Å²) in [6.07, 6.45) is 6.36. The predicted octanol–water partition coefficient (Wildman–Crippen LogP) is 4.69. The third-order valence-corrected chi connectivity index (χ3v) is 7.00. The first kappa shape index (κ1) is 21.0. The lowest BCUT2D eigenvalue weighted by molar-refractivity contribution is -0.125. The van der Waals surface area contributed by atoms with Crippen molar-refractivity contribution in [2.45, 2.75) is 19.3 Å². The molecule has 4 aromatic rings. The van der Waals surface area contributed by atoms with Gasteiger partial charge in [0.2, 0.25) is 5.91 Å². The highest BCUT2D eigenvalue weighted by Crippen LogP contribution is 2.29. The fraction of sp³-hybridized carbons (Fsp3) is 0.292. The number of amides is 1. The summed E-state index contributed by atoms with van der Waals surface area (Å²) < 4.78 is 1.85. The number of anilines is 1. The van der Waals surface area contributed by atoms with Crippen LogP contribution in [-0.4, -0.2) is 40.1 Å². The minimum Gasteiger partial charge on any atom is -0.355 e. The van der Waals surface area contributed by atoms with Gasteiger partial charge in [-0.15, -0.1) is 11.3 Å². The van der Waals surface area contributed by atoms with Crippen molar-refractivity contribution in [1.82, 2.24) is 19.9 Å².